The quantitative estimate of drug-likeness (QED) is 0.709. The fraction of sp³-hybridized carbons (Fsp3) is 0.263. The van der Waals surface area contributed by atoms with Gasteiger partial charge in [-0.25, -0.2) is 4.79 Å². The molecule has 4 rings (SSSR count). The summed E-state index contributed by atoms with van der Waals surface area (Å²) in [6.45, 7) is 0.985. The number of aromatic nitrogens is 3. The molecule has 2 amide bonds. The zero-order chi connectivity index (χ0) is 19.1. The number of amides is 2. The van der Waals surface area contributed by atoms with E-state index in [9.17, 15) is 9.59 Å². The number of anilines is 1. The number of hydrogen-bond acceptors (Lipinski definition) is 5. The predicted octanol–water partition coefficient (Wildman–Crippen LogP) is 1.74. The average molecular weight is 364 g/mol. The fourth-order valence-corrected chi connectivity index (χ4v) is 3.48. The number of carbonyl (C=O) groups excluding carboxylic acids is 2. The van der Waals surface area contributed by atoms with Crippen LogP contribution in [0.25, 0.3) is 10.9 Å². The van der Waals surface area contributed by atoms with Crippen molar-refractivity contribution >= 4 is 28.7 Å². The van der Waals surface area contributed by atoms with Crippen molar-refractivity contribution in [2.45, 2.75) is 13.0 Å². The molecule has 0 spiro atoms. The number of nitrogen functional groups attached to an aromatic ring is 1. The summed E-state index contributed by atoms with van der Waals surface area (Å²) in [6.07, 6.45) is 3.88. The number of para-hydroxylation sites is 1. The highest BCUT2D eigenvalue weighted by atomic mass is 16.2. The summed E-state index contributed by atoms with van der Waals surface area (Å²) in [5.41, 5.74) is 8.92. The summed E-state index contributed by atoms with van der Waals surface area (Å²) < 4.78 is 1.33. The molecule has 8 nitrogen and oxygen atoms in total. The van der Waals surface area contributed by atoms with Crippen LogP contribution in [0.4, 0.5) is 10.6 Å². The third-order valence-electron chi connectivity index (χ3n) is 4.83. The van der Waals surface area contributed by atoms with E-state index in [0.717, 1.165) is 16.5 Å². The molecule has 1 aliphatic heterocycles. The largest absolute Gasteiger partial charge is 0.382 e. The summed E-state index contributed by atoms with van der Waals surface area (Å²) in [4.78, 5) is 32.9. The van der Waals surface area contributed by atoms with Crippen LogP contribution in [0.3, 0.4) is 0 Å². The van der Waals surface area contributed by atoms with E-state index >= 15 is 0 Å². The topological polar surface area (TPSA) is 97.4 Å². The Morgan fingerprint density at radius 3 is 2.74 bits per heavy atom. The number of fused-ring (bicyclic) bond motifs is 2. The van der Waals surface area contributed by atoms with Crippen molar-refractivity contribution < 1.29 is 9.59 Å². The minimum Gasteiger partial charge on any atom is -0.382 e. The number of pyridine rings is 1. The Morgan fingerprint density at radius 1 is 1.19 bits per heavy atom. The summed E-state index contributed by atoms with van der Waals surface area (Å²) in [7, 11) is 3.45. The third kappa shape index (κ3) is 2.79. The summed E-state index contributed by atoms with van der Waals surface area (Å²) in [6, 6.07) is 7.30. The Kier molecular flexibility index (Phi) is 4.02. The Morgan fingerprint density at radius 2 is 1.96 bits per heavy atom. The van der Waals surface area contributed by atoms with E-state index in [1.165, 1.54) is 4.68 Å². The monoisotopic (exact) mass is 364 g/mol. The van der Waals surface area contributed by atoms with Gasteiger partial charge in [0.1, 0.15) is 0 Å². The van der Waals surface area contributed by atoms with Crippen molar-refractivity contribution in [3.8, 4) is 0 Å². The van der Waals surface area contributed by atoms with Gasteiger partial charge in [-0.2, -0.15) is 4.68 Å². The van der Waals surface area contributed by atoms with Crippen LogP contribution < -0.4 is 5.73 Å². The summed E-state index contributed by atoms with van der Waals surface area (Å²) >= 11 is 0. The molecule has 0 saturated heterocycles. The number of urea groups is 1. The van der Waals surface area contributed by atoms with Gasteiger partial charge >= 0.3 is 6.03 Å². The van der Waals surface area contributed by atoms with E-state index in [0.29, 0.717) is 36.4 Å². The number of nitrogens with zero attached hydrogens (tertiary/aromatic N) is 5. The normalized spacial score (nSPS) is 13.5. The Labute approximate surface area is 156 Å². The zero-order valence-electron chi connectivity index (χ0n) is 15.2. The molecule has 27 heavy (non-hydrogen) atoms. The van der Waals surface area contributed by atoms with Crippen LogP contribution in [0.5, 0.6) is 0 Å². The Balaban J connectivity index is 1.73. The van der Waals surface area contributed by atoms with E-state index in [2.05, 4.69) is 10.1 Å². The molecule has 3 heterocycles. The lowest BCUT2D eigenvalue weighted by Crippen LogP contribution is -2.42. The molecule has 0 radical (unpaired) electrons. The van der Waals surface area contributed by atoms with E-state index in [-0.39, 0.29) is 11.9 Å². The van der Waals surface area contributed by atoms with E-state index in [1.54, 1.807) is 36.3 Å². The second-order valence-corrected chi connectivity index (χ2v) is 6.79. The van der Waals surface area contributed by atoms with Gasteiger partial charge in [0, 0.05) is 45.0 Å². The molecule has 1 aromatic carbocycles. The van der Waals surface area contributed by atoms with Crippen LogP contribution in [-0.4, -0.2) is 57.1 Å². The van der Waals surface area contributed by atoms with Gasteiger partial charge in [-0.05, 0) is 29.7 Å². The molecule has 0 atom stereocenters. The fourth-order valence-electron chi connectivity index (χ4n) is 3.48. The average Bonchev–Trinajstić information content (AvgIpc) is 3.03. The Hall–Kier alpha value is -3.42. The molecular formula is C19H20N6O2. The molecular weight excluding hydrogens is 344 g/mol. The van der Waals surface area contributed by atoms with Gasteiger partial charge in [0.05, 0.1) is 11.1 Å². The molecule has 0 unspecified atom stereocenters. The SMILES string of the molecule is CN(C)C(=O)N1CCc2c(cncc2C(=O)n2nc(N)c3ccccc32)C1. The van der Waals surface area contributed by atoms with Gasteiger partial charge in [-0.3, -0.25) is 9.78 Å². The highest BCUT2D eigenvalue weighted by molar-refractivity contribution is 6.04. The number of rotatable bonds is 1. The van der Waals surface area contributed by atoms with Crippen molar-refractivity contribution in [1.82, 2.24) is 24.6 Å². The molecule has 2 N–H and O–H groups in total. The molecule has 0 aliphatic carbocycles. The smallest absolute Gasteiger partial charge is 0.319 e. The molecule has 0 bridgehead atoms. The van der Waals surface area contributed by atoms with Crippen LogP contribution >= 0.6 is 0 Å². The first-order valence-corrected chi connectivity index (χ1v) is 8.67. The van der Waals surface area contributed by atoms with E-state index in [1.807, 2.05) is 24.3 Å². The lowest BCUT2D eigenvalue weighted by Gasteiger charge is -2.31. The molecule has 0 fully saturated rings. The van der Waals surface area contributed by atoms with Gasteiger partial charge in [-0.15, -0.1) is 5.10 Å². The van der Waals surface area contributed by atoms with Crippen LogP contribution in [0.1, 0.15) is 21.5 Å². The summed E-state index contributed by atoms with van der Waals surface area (Å²) in [5, 5.41) is 4.97. The third-order valence-corrected chi connectivity index (χ3v) is 4.83. The molecule has 8 heteroatoms. The second-order valence-electron chi connectivity index (χ2n) is 6.79. The van der Waals surface area contributed by atoms with Crippen LogP contribution in [-0.2, 0) is 13.0 Å². The highest BCUT2D eigenvalue weighted by Gasteiger charge is 2.27. The minimum absolute atomic E-state index is 0.0526. The highest BCUT2D eigenvalue weighted by Crippen LogP contribution is 2.25. The van der Waals surface area contributed by atoms with Crippen molar-refractivity contribution in [2.75, 3.05) is 26.4 Å². The van der Waals surface area contributed by atoms with Crippen LogP contribution in [0.15, 0.2) is 36.7 Å². The number of carbonyl (C=O) groups is 2. The summed E-state index contributed by atoms with van der Waals surface area (Å²) in [5.74, 6) is 0.0547. The maximum absolute atomic E-state index is 13.2. The standard InChI is InChI=1S/C19H20N6O2/c1-23(2)19(27)24-8-7-13-12(11-24)9-21-10-15(13)18(26)25-16-6-4-3-5-14(16)17(20)22-25/h3-6,9-10H,7-8,11H2,1-2H3,(H2,20,22). The molecule has 0 saturated carbocycles. The van der Waals surface area contributed by atoms with Gasteiger partial charge in [0.15, 0.2) is 5.82 Å². The van der Waals surface area contributed by atoms with Gasteiger partial charge in [0.25, 0.3) is 5.91 Å². The van der Waals surface area contributed by atoms with Crippen LogP contribution in [0.2, 0.25) is 0 Å². The lowest BCUT2D eigenvalue weighted by atomic mass is 9.97. The van der Waals surface area contributed by atoms with Crippen molar-refractivity contribution in [3.63, 3.8) is 0 Å². The maximum Gasteiger partial charge on any atom is 0.319 e. The molecule has 1 aliphatic rings. The number of hydrogen-bond donors (Lipinski definition) is 1. The molecule has 2 aromatic heterocycles. The zero-order valence-corrected chi connectivity index (χ0v) is 15.2. The maximum atomic E-state index is 13.2. The lowest BCUT2D eigenvalue weighted by molar-refractivity contribution is 0.0948. The predicted molar refractivity (Wildman–Crippen MR) is 101 cm³/mol. The van der Waals surface area contributed by atoms with Crippen molar-refractivity contribution in [1.29, 1.82) is 0 Å². The van der Waals surface area contributed by atoms with Crippen molar-refractivity contribution in [2.24, 2.45) is 0 Å². The van der Waals surface area contributed by atoms with Gasteiger partial charge < -0.3 is 15.5 Å². The van der Waals surface area contributed by atoms with Gasteiger partial charge in [-0.1, -0.05) is 12.1 Å². The molecule has 138 valence electrons. The first-order valence-electron chi connectivity index (χ1n) is 8.67. The first-order chi connectivity index (χ1) is 13.0. The van der Waals surface area contributed by atoms with Crippen molar-refractivity contribution in [3.05, 3.63) is 53.3 Å². The van der Waals surface area contributed by atoms with E-state index < -0.39 is 0 Å². The Bertz CT molecular complexity index is 1060. The van der Waals surface area contributed by atoms with Gasteiger partial charge in [0.2, 0.25) is 0 Å². The van der Waals surface area contributed by atoms with E-state index in [4.69, 9.17) is 5.73 Å². The van der Waals surface area contributed by atoms with Crippen LogP contribution in [0, 0.1) is 0 Å². The number of nitrogens with two attached hydrogens (primary N) is 1. The first kappa shape index (κ1) is 17.0. The number of benzene rings is 1. The second kappa shape index (κ2) is 6.39. The minimum atomic E-state index is -0.264. The molecule has 3 aromatic rings.